The predicted molar refractivity (Wildman–Crippen MR) is 84.7 cm³/mol. The van der Waals surface area contributed by atoms with E-state index in [9.17, 15) is 22.8 Å². The Hall–Kier alpha value is -2.48. The van der Waals surface area contributed by atoms with Gasteiger partial charge in [0.15, 0.2) is 11.5 Å². The molecule has 0 aliphatic carbocycles. The lowest BCUT2D eigenvalue weighted by Crippen LogP contribution is -2.41. The third-order valence-corrected chi connectivity index (χ3v) is 5.21. The smallest absolute Gasteiger partial charge is 0.310 e. The number of carbonyl (C=O) groups is 3. The summed E-state index contributed by atoms with van der Waals surface area (Å²) >= 11 is 0. The average Bonchev–Trinajstić information content (AvgIpc) is 2.55. The monoisotopic (exact) mass is 351 g/mol. The molecule has 24 heavy (non-hydrogen) atoms. The van der Waals surface area contributed by atoms with Gasteiger partial charge in [-0.3, -0.25) is 14.4 Å². The van der Waals surface area contributed by atoms with Crippen molar-refractivity contribution in [1.82, 2.24) is 4.31 Å². The Morgan fingerprint density at radius 2 is 1.71 bits per heavy atom. The van der Waals surface area contributed by atoms with E-state index < -0.39 is 33.4 Å². The fraction of sp³-hybridized carbons (Fsp3) is 0.312. The lowest BCUT2D eigenvalue weighted by Gasteiger charge is -2.30. The van der Waals surface area contributed by atoms with E-state index in [1.165, 1.54) is 25.1 Å². The van der Waals surface area contributed by atoms with Gasteiger partial charge in [-0.1, -0.05) is 26.0 Å². The minimum absolute atomic E-state index is 0.0331. The summed E-state index contributed by atoms with van der Waals surface area (Å²) in [4.78, 5) is 35.9. The van der Waals surface area contributed by atoms with E-state index in [2.05, 4.69) is 0 Å². The first kappa shape index (κ1) is 17.9. The van der Waals surface area contributed by atoms with E-state index in [1.54, 1.807) is 13.0 Å². The van der Waals surface area contributed by atoms with Crippen LogP contribution in [0.1, 0.15) is 39.2 Å². The van der Waals surface area contributed by atoms with Crippen molar-refractivity contribution < 1.29 is 27.5 Å². The number of ether oxygens (including phenoxy) is 1. The lowest BCUT2D eigenvalue weighted by atomic mass is 10.1. The summed E-state index contributed by atoms with van der Waals surface area (Å²) in [5.41, 5.74) is -0.355. The molecular weight excluding hydrogens is 334 g/mol. The van der Waals surface area contributed by atoms with Crippen LogP contribution in [0.5, 0.6) is 0 Å². The van der Waals surface area contributed by atoms with Crippen molar-refractivity contribution in [3.05, 3.63) is 35.5 Å². The fourth-order valence-electron chi connectivity index (χ4n) is 2.31. The van der Waals surface area contributed by atoms with Gasteiger partial charge < -0.3 is 4.74 Å². The molecule has 1 aromatic rings. The molecule has 0 radical (unpaired) electrons. The largest absolute Gasteiger partial charge is 0.423 e. The molecule has 1 aliphatic rings. The van der Waals surface area contributed by atoms with Crippen LogP contribution in [0.4, 0.5) is 0 Å². The van der Waals surface area contributed by atoms with Gasteiger partial charge in [0, 0.05) is 25.3 Å². The Kier molecular flexibility index (Phi) is 4.88. The number of amides is 1. The number of carbonyl (C=O) groups excluding carboxylic acids is 3. The third kappa shape index (κ3) is 2.84. The molecule has 8 heteroatoms. The van der Waals surface area contributed by atoms with Gasteiger partial charge >= 0.3 is 5.97 Å². The van der Waals surface area contributed by atoms with Crippen LogP contribution >= 0.6 is 0 Å². The van der Waals surface area contributed by atoms with Crippen LogP contribution in [-0.4, -0.2) is 30.4 Å². The Morgan fingerprint density at radius 1 is 1.08 bits per heavy atom. The van der Waals surface area contributed by atoms with Crippen LogP contribution in [0.25, 0.3) is 5.76 Å². The van der Waals surface area contributed by atoms with Crippen molar-refractivity contribution in [2.24, 2.45) is 0 Å². The van der Waals surface area contributed by atoms with Crippen LogP contribution in [0.3, 0.4) is 0 Å². The number of nitrogens with zero attached hydrogens (tertiary/aromatic N) is 1. The van der Waals surface area contributed by atoms with Gasteiger partial charge in [0.25, 0.3) is 10.0 Å². The Balaban J connectivity index is 2.88. The quantitative estimate of drug-likeness (QED) is 0.768. The summed E-state index contributed by atoms with van der Waals surface area (Å²) < 4.78 is 31.3. The molecule has 0 atom stereocenters. The first-order chi connectivity index (χ1) is 11.3. The SMILES string of the molecule is CCC(=O)OC1=C(C(C)=O)N(C(=O)CC)S(=O)(=O)c2ccccc21. The highest BCUT2D eigenvalue weighted by atomic mass is 32.2. The van der Waals surface area contributed by atoms with Crippen LogP contribution in [0.2, 0.25) is 0 Å². The van der Waals surface area contributed by atoms with Gasteiger partial charge in [0.2, 0.25) is 5.91 Å². The highest BCUT2D eigenvalue weighted by molar-refractivity contribution is 7.90. The number of allylic oxidation sites excluding steroid dienone is 1. The summed E-state index contributed by atoms with van der Waals surface area (Å²) in [7, 11) is -4.25. The number of rotatable bonds is 4. The number of Topliss-reactive ketones (excluding diaryl/α,β-unsaturated/α-hetero) is 1. The zero-order valence-corrected chi connectivity index (χ0v) is 14.3. The molecule has 2 rings (SSSR count). The molecule has 0 spiro atoms. The molecule has 0 N–H and O–H groups in total. The molecule has 7 nitrogen and oxygen atoms in total. The first-order valence-corrected chi connectivity index (χ1v) is 8.83. The Bertz CT molecular complexity index is 853. The number of hydrogen-bond acceptors (Lipinski definition) is 6. The Labute approximate surface area is 140 Å². The van der Waals surface area contributed by atoms with Crippen LogP contribution in [-0.2, 0) is 29.1 Å². The second-order valence-corrected chi connectivity index (χ2v) is 6.83. The minimum Gasteiger partial charge on any atom is -0.423 e. The summed E-state index contributed by atoms with van der Waals surface area (Å²) in [5.74, 6) is -2.31. The van der Waals surface area contributed by atoms with Crippen LogP contribution in [0.15, 0.2) is 34.9 Å². The van der Waals surface area contributed by atoms with Crippen molar-refractivity contribution in [2.45, 2.75) is 38.5 Å². The second-order valence-electron chi connectivity index (χ2n) is 5.07. The zero-order chi connectivity index (χ0) is 18.1. The number of esters is 1. The number of ketones is 1. The maximum atomic E-state index is 12.8. The van der Waals surface area contributed by atoms with Gasteiger partial charge in [0.1, 0.15) is 5.70 Å². The van der Waals surface area contributed by atoms with E-state index >= 15 is 0 Å². The molecule has 0 saturated carbocycles. The van der Waals surface area contributed by atoms with Crippen molar-refractivity contribution in [2.75, 3.05) is 0 Å². The van der Waals surface area contributed by atoms with E-state index in [-0.39, 0.29) is 29.1 Å². The maximum absolute atomic E-state index is 12.8. The van der Waals surface area contributed by atoms with E-state index in [0.29, 0.717) is 4.31 Å². The zero-order valence-electron chi connectivity index (χ0n) is 13.5. The molecule has 0 saturated heterocycles. The van der Waals surface area contributed by atoms with Crippen molar-refractivity contribution in [3.63, 3.8) is 0 Å². The van der Waals surface area contributed by atoms with Gasteiger partial charge in [-0.05, 0) is 12.1 Å². The fourth-order valence-corrected chi connectivity index (χ4v) is 4.05. The average molecular weight is 351 g/mol. The molecular formula is C16H17NO6S. The number of sulfonamides is 1. The second kappa shape index (κ2) is 6.56. The van der Waals surface area contributed by atoms with E-state index in [0.717, 1.165) is 6.92 Å². The topological polar surface area (TPSA) is 97.8 Å². The third-order valence-electron chi connectivity index (χ3n) is 3.44. The number of fused-ring (bicyclic) bond motifs is 1. The van der Waals surface area contributed by atoms with Crippen molar-refractivity contribution in [1.29, 1.82) is 0 Å². The molecule has 1 heterocycles. The minimum atomic E-state index is -4.25. The first-order valence-electron chi connectivity index (χ1n) is 7.39. The summed E-state index contributed by atoms with van der Waals surface area (Å²) in [5, 5.41) is 0. The van der Waals surface area contributed by atoms with E-state index in [1.807, 2.05) is 0 Å². The summed E-state index contributed by atoms with van der Waals surface area (Å²) in [6.07, 6.45) is -0.0987. The molecule has 1 aromatic carbocycles. The van der Waals surface area contributed by atoms with Gasteiger partial charge in [0.05, 0.1) is 4.90 Å². The molecule has 0 unspecified atom stereocenters. The molecule has 0 aromatic heterocycles. The van der Waals surface area contributed by atoms with Crippen LogP contribution in [0, 0.1) is 0 Å². The maximum Gasteiger partial charge on any atom is 0.310 e. The van der Waals surface area contributed by atoms with Gasteiger partial charge in [-0.25, -0.2) is 8.42 Å². The summed E-state index contributed by atoms with van der Waals surface area (Å²) in [6.45, 7) is 4.17. The normalized spacial score (nSPS) is 15.7. The standard InChI is InChI=1S/C16H17NO6S/c1-4-13(19)17-15(10(3)18)16(23-14(20)5-2)11-8-6-7-9-12(11)24(17,21)22/h6-9H,4-5H2,1-3H3. The number of benzene rings is 1. The van der Waals surface area contributed by atoms with Gasteiger partial charge in [-0.2, -0.15) is 4.31 Å². The van der Waals surface area contributed by atoms with Gasteiger partial charge in [-0.15, -0.1) is 0 Å². The van der Waals surface area contributed by atoms with E-state index in [4.69, 9.17) is 4.74 Å². The summed E-state index contributed by atoms with van der Waals surface area (Å²) in [6, 6.07) is 5.78. The molecule has 0 bridgehead atoms. The predicted octanol–water partition coefficient (Wildman–Crippen LogP) is 1.84. The molecule has 1 amide bonds. The molecule has 1 aliphatic heterocycles. The van der Waals surface area contributed by atoms with Crippen molar-refractivity contribution >= 4 is 33.4 Å². The highest BCUT2D eigenvalue weighted by Gasteiger charge is 2.43. The Morgan fingerprint density at radius 3 is 2.25 bits per heavy atom. The molecule has 128 valence electrons. The van der Waals surface area contributed by atoms with Crippen LogP contribution < -0.4 is 0 Å². The number of hydrogen-bond donors (Lipinski definition) is 0. The lowest BCUT2D eigenvalue weighted by molar-refractivity contribution is -0.136. The van der Waals surface area contributed by atoms with Crippen molar-refractivity contribution in [3.8, 4) is 0 Å². The molecule has 0 fully saturated rings. The highest BCUT2D eigenvalue weighted by Crippen LogP contribution is 2.38.